The van der Waals surface area contributed by atoms with Crippen LogP contribution in [0.2, 0.25) is 0 Å². The van der Waals surface area contributed by atoms with Gasteiger partial charge in [0.05, 0.1) is 6.10 Å². The number of piperidine rings is 1. The summed E-state index contributed by atoms with van der Waals surface area (Å²) in [6.07, 6.45) is 2.81. The highest BCUT2D eigenvalue weighted by molar-refractivity contribution is 5.76. The minimum atomic E-state index is -0.528. The van der Waals surface area contributed by atoms with Gasteiger partial charge in [-0.3, -0.25) is 9.59 Å². The number of nitrogens with one attached hydrogen (secondary N) is 1. The first-order valence-corrected chi connectivity index (χ1v) is 7.90. The fourth-order valence-electron chi connectivity index (χ4n) is 2.48. The van der Waals surface area contributed by atoms with E-state index >= 15 is 0 Å². The lowest BCUT2D eigenvalue weighted by molar-refractivity contribution is -0.130. The van der Waals surface area contributed by atoms with Gasteiger partial charge in [-0.25, -0.2) is 0 Å². The summed E-state index contributed by atoms with van der Waals surface area (Å²) < 4.78 is 0. The smallest absolute Gasteiger partial charge is 0.220 e. The van der Waals surface area contributed by atoms with E-state index in [0.717, 1.165) is 32.4 Å². The van der Waals surface area contributed by atoms with E-state index in [1.54, 1.807) is 6.92 Å². The molecular weight excluding hydrogens is 268 g/mol. The molecule has 0 aromatic carbocycles. The van der Waals surface area contributed by atoms with Crippen molar-refractivity contribution in [1.82, 2.24) is 10.2 Å². The number of rotatable bonds is 5. The van der Waals surface area contributed by atoms with E-state index in [-0.39, 0.29) is 17.2 Å². The van der Waals surface area contributed by atoms with Crippen LogP contribution in [0.25, 0.3) is 0 Å². The molecule has 0 aromatic rings. The Balaban J connectivity index is 2.18. The number of aliphatic hydroxyl groups is 1. The maximum absolute atomic E-state index is 11.8. The first-order valence-electron chi connectivity index (χ1n) is 7.90. The van der Waals surface area contributed by atoms with E-state index in [4.69, 9.17) is 0 Å². The van der Waals surface area contributed by atoms with Gasteiger partial charge in [0.2, 0.25) is 11.8 Å². The van der Waals surface area contributed by atoms with Crippen molar-refractivity contribution in [2.45, 2.75) is 59.5 Å². The summed E-state index contributed by atoms with van der Waals surface area (Å²) in [4.78, 5) is 24.9. The molecule has 0 saturated carbocycles. The molecular formula is C16H30N2O3. The Kier molecular flexibility index (Phi) is 6.65. The lowest BCUT2D eigenvalue weighted by Crippen LogP contribution is -2.39. The van der Waals surface area contributed by atoms with Crippen molar-refractivity contribution in [1.29, 1.82) is 0 Å². The van der Waals surface area contributed by atoms with Gasteiger partial charge in [-0.05, 0) is 30.6 Å². The summed E-state index contributed by atoms with van der Waals surface area (Å²) in [5, 5.41) is 12.7. The fraction of sp³-hybridized carbons (Fsp3) is 0.875. The predicted molar refractivity (Wildman–Crippen MR) is 82.7 cm³/mol. The summed E-state index contributed by atoms with van der Waals surface area (Å²) in [7, 11) is 0. The lowest BCUT2D eigenvalue weighted by atomic mass is 9.89. The second kappa shape index (κ2) is 7.78. The van der Waals surface area contributed by atoms with Crippen LogP contribution in [0.15, 0.2) is 0 Å². The normalized spacial score (nSPS) is 18.4. The molecule has 1 fully saturated rings. The zero-order valence-corrected chi connectivity index (χ0v) is 13.8. The molecule has 1 heterocycles. The molecule has 5 nitrogen and oxygen atoms in total. The number of carbonyl (C=O) groups is 2. The summed E-state index contributed by atoms with van der Waals surface area (Å²) in [5.74, 6) is 0.675. The predicted octanol–water partition coefficient (Wildman–Crippen LogP) is 1.55. The Hall–Kier alpha value is -1.10. The third kappa shape index (κ3) is 6.46. The largest absolute Gasteiger partial charge is 0.391 e. The van der Waals surface area contributed by atoms with Crippen molar-refractivity contribution in [3.05, 3.63) is 0 Å². The van der Waals surface area contributed by atoms with Crippen LogP contribution in [0, 0.1) is 11.3 Å². The van der Waals surface area contributed by atoms with Crippen LogP contribution in [0.4, 0.5) is 0 Å². The van der Waals surface area contributed by atoms with Gasteiger partial charge >= 0.3 is 0 Å². The molecule has 21 heavy (non-hydrogen) atoms. The third-order valence-corrected chi connectivity index (χ3v) is 4.33. The van der Waals surface area contributed by atoms with E-state index in [1.165, 1.54) is 0 Å². The van der Waals surface area contributed by atoms with Crippen LogP contribution in [0.5, 0.6) is 0 Å². The van der Waals surface area contributed by atoms with Gasteiger partial charge in [0.25, 0.3) is 0 Å². The zero-order valence-electron chi connectivity index (χ0n) is 13.8. The quantitative estimate of drug-likeness (QED) is 0.809. The van der Waals surface area contributed by atoms with Gasteiger partial charge in [-0.2, -0.15) is 0 Å². The summed E-state index contributed by atoms with van der Waals surface area (Å²) >= 11 is 0. The van der Waals surface area contributed by atoms with E-state index in [0.29, 0.717) is 18.9 Å². The number of likely N-dealkylation sites (tertiary alicyclic amines) is 1. The van der Waals surface area contributed by atoms with Gasteiger partial charge in [0.1, 0.15) is 0 Å². The van der Waals surface area contributed by atoms with Crippen molar-refractivity contribution >= 4 is 11.8 Å². The van der Waals surface area contributed by atoms with Crippen LogP contribution in [-0.4, -0.2) is 47.6 Å². The van der Waals surface area contributed by atoms with Gasteiger partial charge < -0.3 is 15.3 Å². The molecule has 1 unspecified atom stereocenters. The molecule has 1 rings (SSSR count). The van der Waals surface area contributed by atoms with Gasteiger partial charge in [0, 0.05) is 33.0 Å². The minimum absolute atomic E-state index is 0.00676. The molecule has 1 saturated heterocycles. The third-order valence-electron chi connectivity index (χ3n) is 4.33. The number of amides is 2. The van der Waals surface area contributed by atoms with Gasteiger partial charge in [0.15, 0.2) is 0 Å². The zero-order chi connectivity index (χ0) is 16.0. The molecule has 0 spiro atoms. The lowest BCUT2D eigenvalue weighted by Gasteiger charge is -2.31. The Labute approximate surface area is 128 Å². The molecule has 2 N–H and O–H groups in total. The van der Waals surface area contributed by atoms with Crippen molar-refractivity contribution in [3.63, 3.8) is 0 Å². The minimum Gasteiger partial charge on any atom is -0.391 e. The second-order valence-corrected chi connectivity index (χ2v) is 7.17. The van der Waals surface area contributed by atoms with E-state index in [2.05, 4.69) is 5.32 Å². The highest BCUT2D eigenvalue weighted by Crippen LogP contribution is 2.22. The van der Waals surface area contributed by atoms with Crippen LogP contribution < -0.4 is 5.32 Å². The molecule has 1 aliphatic heterocycles. The average Bonchev–Trinajstić information content (AvgIpc) is 2.41. The SMILES string of the molecule is CC(=O)N1CCC(CCC(=O)NCC(O)C(C)(C)C)CC1. The first kappa shape index (κ1) is 18.0. The van der Waals surface area contributed by atoms with Crippen LogP contribution >= 0.6 is 0 Å². The average molecular weight is 298 g/mol. The maximum atomic E-state index is 11.8. The number of nitrogens with zero attached hydrogens (tertiary/aromatic N) is 1. The number of aliphatic hydroxyl groups excluding tert-OH is 1. The Morgan fingerprint density at radius 2 is 1.86 bits per heavy atom. The van der Waals surface area contributed by atoms with Gasteiger partial charge in [-0.1, -0.05) is 20.8 Å². The molecule has 0 aromatic heterocycles. The van der Waals surface area contributed by atoms with Crippen LogP contribution in [0.1, 0.15) is 53.4 Å². The second-order valence-electron chi connectivity index (χ2n) is 7.17. The first-order chi connectivity index (χ1) is 9.70. The Bertz CT molecular complexity index is 355. The van der Waals surface area contributed by atoms with Crippen molar-refractivity contribution in [2.75, 3.05) is 19.6 Å². The maximum Gasteiger partial charge on any atom is 0.220 e. The molecule has 1 aliphatic rings. The molecule has 2 amide bonds. The fourth-order valence-corrected chi connectivity index (χ4v) is 2.48. The van der Waals surface area contributed by atoms with Crippen molar-refractivity contribution in [2.24, 2.45) is 11.3 Å². The summed E-state index contributed by atoms with van der Waals surface area (Å²) in [6, 6.07) is 0. The van der Waals surface area contributed by atoms with Crippen LogP contribution in [0.3, 0.4) is 0 Å². The Morgan fingerprint density at radius 3 is 2.33 bits per heavy atom. The molecule has 0 aliphatic carbocycles. The van der Waals surface area contributed by atoms with Crippen molar-refractivity contribution < 1.29 is 14.7 Å². The molecule has 1 atom stereocenters. The summed E-state index contributed by atoms with van der Waals surface area (Å²) in [5.41, 5.74) is -0.215. The number of carbonyl (C=O) groups excluding carboxylic acids is 2. The van der Waals surface area contributed by atoms with E-state index in [1.807, 2.05) is 25.7 Å². The summed E-state index contributed by atoms with van der Waals surface area (Å²) in [6.45, 7) is 9.39. The van der Waals surface area contributed by atoms with Crippen LogP contribution in [-0.2, 0) is 9.59 Å². The highest BCUT2D eigenvalue weighted by atomic mass is 16.3. The molecule has 122 valence electrons. The monoisotopic (exact) mass is 298 g/mol. The Morgan fingerprint density at radius 1 is 1.29 bits per heavy atom. The topological polar surface area (TPSA) is 69.6 Å². The van der Waals surface area contributed by atoms with Gasteiger partial charge in [-0.15, -0.1) is 0 Å². The standard InChI is InChI=1S/C16H30N2O3/c1-12(19)18-9-7-13(8-10-18)5-6-15(21)17-11-14(20)16(2,3)4/h13-14,20H,5-11H2,1-4H3,(H,17,21). The van der Waals surface area contributed by atoms with Crippen molar-refractivity contribution in [3.8, 4) is 0 Å². The number of hydrogen-bond acceptors (Lipinski definition) is 3. The molecule has 5 heteroatoms. The molecule has 0 bridgehead atoms. The molecule has 0 radical (unpaired) electrons. The van der Waals surface area contributed by atoms with E-state index in [9.17, 15) is 14.7 Å². The van der Waals surface area contributed by atoms with E-state index < -0.39 is 6.10 Å². The number of hydrogen-bond donors (Lipinski definition) is 2. The highest BCUT2D eigenvalue weighted by Gasteiger charge is 2.23.